The van der Waals surface area contributed by atoms with Crippen molar-refractivity contribution in [2.75, 3.05) is 14.2 Å². The molecular weight excluding hydrogens is 246 g/mol. The molecule has 0 aliphatic heterocycles. The predicted octanol–water partition coefficient (Wildman–Crippen LogP) is 3.36. The van der Waals surface area contributed by atoms with Crippen molar-refractivity contribution in [1.29, 1.82) is 0 Å². The smallest absolute Gasteiger partial charge is 0.119 e. The molecule has 2 atom stereocenters. The van der Waals surface area contributed by atoms with Crippen LogP contribution in [0, 0.1) is 0 Å². The van der Waals surface area contributed by atoms with Gasteiger partial charge < -0.3 is 10.1 Å². The molecule has 0 saturated carbocycles. The van der Waals surface area contributed by atoms with E-state index in [4.69, 9.17) is 4.74 Å². The van der Waals surface area contributed by atoms with Gasteiger partial charge in [-0.2, -0.15) is 0 Å². The topological polar surface area (TPSA) is 21.3 Å². The van der Waals surface area contributed by atoms with Crippen molar-refractivity contribution >= 4 is 0 Å². The molecule has 104 valence electrons. The van der Waals surface area contributed by atoms with Gasteiger partial charge >= 0.3 is 0 Å². The highest BCUT2D eigenvalue weighted by molar-refractivity contribution is 5.45. The SMILES string of the molecule is CN[C@H]1CCc2cc(OC)ccc2[C@H]1c1ccccc1. The van der Waals surface area contributed by atoms with Crippen LogP contribution in [0.25, 0.3) is 0 Å². The monoisotopic (exact) mass is 267 g/mol. The molecular formula is C18H21NO. The number of likely N-dealkylation sites (N-methyl/N-ethyl adjacent to an activating group) is 1. The summed E-state index contributed by atoms with van der Waals surface area (Å²) in [6, 6.07) is 17.8. The highest BCUT2D eigenvalue weighted by atomic mass is 16.5. The summed E-state index contributed by atoms with van der Waals surface area (Å²) >= 11 is 0. The first-order chi connectivity index (χ1) is 9.83. The van der Waals surface area contributed by atoms with Crippen LogP contribution < -0.4 is 10.1 Å². The van der Waals surface area contributed by atoms with Crippen molar-refractivity contribution in [3.63, 3.8) is 0 Å². The van der Waals surface area contributed by atoms with Crippen LogP contribution in [0.2, 0.25) is 0 Å². The first-order valence-electron chi connectivity index (χ1n) is 7.22. The highest BCUT2D eigenvalue weighted by Gasteiger charge is 2.29. The van der Waals surface area contributed by atoms with Crippen molar-refractivity contribution in [2.45, 2.75) is 24.8 Å². The largest absolute Gasteiger partial charge is 0.497 e. The van der Waals surface area contributed by atoms with Crippen molar-refractivity contribution in [2.24, 2.45) is 0 Å². The molecule has 2 aromatic rings. The molecule has 0 aromatic heterocycles. The van der Waals surface area contributed by atoms with Gasteiger partial charge in [0.15, 0.2) is 0 Å². The lowest BCUT2D eigenvalue weighted by molar-refractivity contribution is 0.410. The first kappa shape index (κ1) is 13.2. The van der Waals surface area contributed by atoms with Crippen LogP contribution in [0.4, 0.5) is 0 Å². The Morgan fingerprint density at radius 2 is 1.90 bits per heavy atom. The number of aryl methyl sites for hydroxylation is 1. The molecule has 2 heteroatoms. The molecule has 20 heavy (non-hydrogen) atoms. The number of fused-ring (bicyclic) bond motifs is 1. The van der Waals surface area contributed by atoms with Crippen molar-refractivity contribution < 1.29 is 4.74 Å². The second kappa shape index (κ2) is 5.68. The number of methoxy groups -OCH3 is 1. The van der Waals surface area contributed by atoms with Crippen LogP contribution >= 0.6 is 0 Å². The van der Waals surface area contributed by atoms with Crippen LogP contribution in [0.1, 0.15) is 29.0 Å². The number of nitrogens with one attached hydrogen (secondary N) is 1. The number of benzene rings is 2. The van der Waals surface area contributed by atoms with E-state index >= 15 is 0 Å². The lowest BCUT2D eigenvalue weighted by Gasteiger charge is -2.34. The van der Waals surface area contributed by atoms with Gasteiger partial charge in [0.05, 0.1) is 7.11 Å². The summed E-state index contributed by atoms with van der Waals surface area (Å²) in [5, 5.41) is 3.49. The van der Waals surface area contributed by atoms with E-state index in [-0.39, 0.29) is 0 Å². The third-order valence-corrected chi connectivity index (χ3v) is 4.34. The molecule has 3 rings (SSSR count). The van der Waals surface area contributed by atoms with Gasteiger partial charge in [-0.05, 0) is 48.7 Å². The maximum Gasteiger partial charge on any atom is 0.119 e. The van der Waals surface area contributed by atoms with E-state index in [1.807, 2.05) is 0 Å². The predicted molar refractivity (Wildman–Crippen MR) is 82.4 cm³/mol. The van der Waals surface area contributed by atoms with Gasteiger partial charge in [-0.1, -0.05) is 36.4 Å². The molecule has 2 nitrogen and oxygen atoms in total. The Kier molecular flexibility index (Phi) is 3.75. The van der Waals surface area contributed by atoms with Crippen LogP contribution in [-0.2, 0) is 6.42 Å². The lowest BCUT2D eigenvalue weighted by Crippen LogP contribution is -2.36. The molecule has 0 fully saturated rings. The maximum absolute atomic E-state index is 5.36. The summed E-state index contributed by atoms with van der Waals surface area (Å²) in [5.74, 6) is 1.38. The fourth-order valence-corrected chi connectivity index (χ4v) is 3.31. The zero-order valence-electron chi connectivity index (χ0n) is 12.1. The lowest BCUT2D eigenvalue weighted by atomic mass is 9.75. The van der Waals surface area contributed by atoms with Gasteiger partial charge in [0.1, 0.15) is 5.75 Å². The Morgan fingerprint density at radius 3 is 2.60 bits per heavy atom. The van der Waals surface area contributed by atoms with Gasteiger partial charge in [-0.3, -0.25) is 0 Å². The average Bonchev–Trinajstić information content (AvgIpc) is 2.53. The molecule has 0 unspecified atom stereocenters. The molecule has 0 heterocycles. The number of ether oxygens (including phenoxy) is 1. The number of hydrogen-bond donors (Lipinski definition) is 1. The summed E-state index contributed by atoms with van der Waals surface area (Å²) in [6.07, 6.45) is 2.28. The Bertz CT molecular complexity index is 579. The quantitative estimate of drug-likeness (QED) is 0.920. The molecule has 0 saturated heterocycles. The van der Waals surface area contributed by atoms with Crippen molar-refractivity contribution in [1.82, 2.24) is 5.32 Å². The summed E-state index contributed by atoms with van der Waals surface area (Å²) in [6.45, 7) is 0. The van der Waals surface area contributed by atoms with E-state index in [1.165, 1.54) is 16.7 Å². The molecule has 0 spiro atoms. The van der Waals surface area contributed by atoms with Gasteiger partial charge in [0.25, 0.3) is 0 Å². The van der Waals surface area contributed by atoms with Crippen LogP contribution in [0.3, 0.4) is 0 Å². The fraction of sp³-hybridized carbons (Fsp3) is 0.333. The Labute approximate surface area is 120 Å². The third kappa shape index (κ3) is 2.32. The Morgan fingerprint density at radius 1 is 1.10 bits per heavy atom. The average molecular weight is 267 g/mol. The highest BCUT2D eigenvalue weighted by Crippen LogP contribution is 2.38. The molecule has 0 radical (unpaired) electrons. The Hall–Kier alpha value is -1.80. The molecule has 0 amide bonds. The van der Waals surface area contributed by atoms with E-state index in [0.717, 1.165) is 18.6 Å². The fourth-order valence-electron chi connectivity index (χ4n) is 3.31. The normalized spacial score (nSPS) is 21.3. The van der Waals surface area contributed by atoms with Crippen LogP contribution in [-0.4, -0.2) is 20.2 Å². The zero-order valence-corrected chi connectivity index (χ0v) is 12.1. The summed E-state index contributed by atoms with van der Waals surface area (Å²) in [7, 11) is 3.80. The second-order valence-electron chi connectivity index (χ2n) is 5.39. The van der Waals surface area contributed by atoms with E-state index in [2.05, 4.69) is 60.9 Å². The minimum absolute atomic E-state index is 0.427. The second-order valence-corrected chi connectivity index (χ2v) is 5.39. The number of hydrogen-bond acceptors (Lipinski definition) is 2. The molecule has 1 aliphatic carbocycles. The zero-order chi connectivity index (χ0) is 13.9. The van der Waals surface area contributed by atoms with Gasteiger partial charge in [0.2, 0.25) is 0 Å². The van der Waals surface area contributed by atoms with E-state index < -0.39 is 0 Å². The minimum atomic E-state index is 0.427. The molecule has 2 aromatic carbocycles. The van der Waals surface area contributed by atoms with Crippen molar-refractivity contribution in [3.05, 3.63) is 65.2 Å². The summed E-state index contributed by atoms with van der Waals surface area (Å²) < 4.78 is 5.36. The van der Waals surface area contributed by atoms with E-state index in [1.54, 1.807) is 7.11 Å². The third-order valence-electron chi connectivity index (χ3n) is 4.34. The molecule has 1 aliphatic rings. The number of rotatable bonds is 3. The van der Waals surface area contributed by atoms with Gasteiger partial charge in [-0.15, -0.1) is 0 Å². The van der Waals surface area contributed by atoms with E-state index in [0.29, 0.717) is 12.0 Å². The van der Waals surface area contributed by atoms with Crippen LogP contribution in [0.5, 0.6) is 5.75 Å². The van der Waals surface area contributed by atoms with E-state index in [9.17, 15) is 0 Å². The van der Waals surface area contributed by atoms with Crippen LogP contribution in [0.15, 0.2) is 48.5 Å². The molecule has 0 bridgehead atoms. The van der Waals surface area contributed by atoms with Gasteiger partial charge in [-0.25, -0.2) is 0 Å². The summed E-state index contributed by atoms with van der Waals surface area (Å²) in [5.41, 5.74) is 4.24. The summed E-state index contributed by atoms with van der Waals surface area (Å²) in [4.78, 5) is 0. The maximum atomic E-state index is 5.36. The van der Waals surface area contributed by atoms with Gasteiger partial charge in [0, 0.05) is 12.0 Å². The standard InChI is InChI=1S/C18H21NO/c1-19-17-11-8-14-12-15(20-2)9-10-16(14)18(17)13-6-4-3-5-7-13/h3-7,9-10,12,17-19H,8,11H2,1-2H3/t17-,18+/m0/s1. The first-order valence-corrected chi connectivity index (χ1v) is 7.22. The molecule has 1 N–H and O–H groups in total. The van der Waals surface area contributed by atoms with Crippen molar-refractivity contribution in [3.8, 4) is 5.75 Å². The minimum Gasteiger partial charge on any atom is -0.497 e. The Balaban J connectivity index is 2.07.